The third kappa shape index (κ3) is 10.3. The summed E-state index contributed by atoms with van der Waals surface area (Å²) in [5.41, 5.74) is 27.0. The number of aliphatic imine (C=N–C) groups is 1. The van der Waals surface area contributed by atoms with Crippen molar-refractivity contribution in [1.82, 2.24) is 10.6 Å². The molecule has 9 aromatic carbocycles. The van der Waals surface area contributed by atoms with Gasteiger partial charge in [-0.1, -0.05) is 203 Å². The lowest BCUT2D eigenvalue weighted by molar-refractivity contribution is 0.407. The summed E-state index contributed by atoms with van der Waals surface area (Å²) in [6.45, 7) is 17.7. The van der Waals surface area contributed by atoms with Crippen LogP contribution in [0.15, 0.2) is 187 Å². The second kappa shape index (κ2) is 20.1. The topological polar surface area (TPSA) is 88.5 Å². The van der Waals surface area contributed by atoms with Crippen molar-refractivity contribution >= 4 is 38.3 Å². The lowest BCUT2D eigenvalue weighted by atomic mass is 9.86. The molecular weight excluding hydrogens is 851 g/mol. The summed E-state index contributed by atoms with van der Waals surface area (Å²) >= 11 is 0. The minimum absolute atomic E-state index is 0.133. The minimum atomic E-state index is -0.419. The van der Waals surface area contributed by atoms with Crippen molar-refractivity contribution in [2.75, 3.05) is 19.6 Å². The van der Waals surface area contributed by atoms with E-state index in [1.807, 2.05) is 0 Å². The van der Waals surface area contributed by atoms with Crippen molar-refractivity contribution in [3.8, 4) is 33.4 Å². The maximum Gasteiger partial charge on any atom is 0.189 e. The van der Waals surface area contributed by atoms with E-state index in [0.717, 1.165) is 31.4 Å². The molecular formula is C65H69N5. The van der Waals surface area contributed by atoms with E-state index in [2.05, 4.69) is 241 Å². The van der Waals surface area contributed by atoms with Crippen molar-refractivity contribution in [3.05, 3.63) is 215 Å². The summed E-state index contributed by atoms with van der Waals surface area (Å²) in [7, 11) is 0. The zero-order chi connectivity index (χ0) is 49.0. The fourth-order valence-electron chi connectivity index (χ4n) is 10.3. The van der Waals surface area contributed by atoms with Crippen LogP contribution in [-0.4, -0.2) is 25.6 Å². The van der Waals surface area contributed by atoms with E-state index >= 15 is 0 Å². The normalized spacial score (nSPS) is 12.5. The zero-order valence-corrected chi connectivity index (χ0v) is 42.2. The zero-order valence-electron chi connectivity index (χ0n) is 42.2. The van der Waals surface area contributed by atoms with E-state index in [-0.39, 0.29) is 11.0 Å². The molecule has 0 spiro atoms. The largest absolute Gasteiger partial charge is 0.370 e. The average Bonchev–Trinajstić information content (AvgIpc) is 3.36. The Kier molecular flexibility index (Phi) is 13.8. The number of nitrogens with two attached hydrogens (primary N) is 2. The van der Waals surface area contributed by atoms with E-state index in [0.29, 0.717) is 19.0 Å². The molecule has 0 atom stereocenters. The molecule has 5 heteroatoms. The molecule has 0 unspecified atom stereocenters. The van der Waals surface area contributed by atoms with Crippen molar-refractivity contribution < 1.29 is 0 Å². The maximum atomic E-state index is 6.57. The number of nitrogens with one attached hydrogen (secondary N) is 2. The molecule has 0 aliphatic rings. The van der Waals surface area contributed by atoms with Gasteiger partial charge in [0.05, 0.1) is 5.54 Å². The van der Waals surface area contributed by atoms with E-state index in [9.17, 15) is 0 Å². The van der Waals surface area contributed by atoms with Crippen LogP contribution in [0.25, 0.3) is 65.7 Å². The molecule has 0 bridgehead atoms. The SMILES string of the molecule is CC(C)(C)c1ccc(-c2cccc3c(CCNC(C)(C)c4ccc(-c5cccc6c(CCN=C(N)NC(C)(C)c7ccc(-c8ccc(CCN)c9ccccc89)cc7)cccc56)cc4)cccc23)cc1. The Morgan fingerprint density at radius 3 is 1.34 bits per heavy atom. The molecule has 0 aliphatic heterocycles. The second-order valence-electron chi connectivity index (χ2n) is 21.0. The quantitative estimate of drug-likeness (QED) is 0.0609. The number of hydrogen-bond acceptors (Lipinski definition) is 3. The molecule has 0 radical (unpaired) electrons. The highest BCUT2D eigenvalue weighted by Gasteiger charge is 2.23. The first-order valence-corrected chi connectivity index (χ1v) is 25.1. The standard InChI is InChI=1S/C65H69N5/c1-63(2,3)50-31-24-46(25-32-50)56-20-13-19-55-45(15-11-23-61(55)56)40-43-69-64(4,5)51-33-26-47(27-34-51)57-21-12-18-54-44(14-10-22-60(54)57)39-42-68-62(67)70-65(6,7)52-35-28-48(29-36-52)58-37-30-49(38-41-66)53-16-8-9-17-59(53)58/h8-37,69H,38-43,66H2,1-7H3,(H3,67,68,70). The van der Waals surface area contributed by atoms with Gasteiger partial charge in [-0.2, -0.15) is 0 Å². The molecule has 5 nitrogen and oxygen atoms in total. The molecule has 0 saturated carbocycles. The van der Waals surface area contributed by atoms with Crippen molar-refractivity contribution in [2.24, 2.45) is 16.5 Å². The van der Waals surface area contributed by atoms with Gasteiger partial charge >= 0.3 is 0 Å². The summed E-state index contributed by atoms with van der Waals surface area (Å²) in [5, 5.41) is 15.0. The predicted octanol–water partition coefficient (Wildman–Crippen LogP) is 14.4. The van der Waals surface area contributed by atoms with E-state index in [4.69, 9.17) is 16.5 Å². The average molecular weight is 920 g/mol. The molecule has 6 N–H and O–H groups in total. The summed E-state index contributed by atoms with van der Waals surface area (Å²) in [6, 6.07) is 66.8. The monoisotopic (exact) mass is 920 g/mol. The highest BCUT2D eigenvalue weighted by atomic mass is 15.1. The van der Waals surface area contributed by atoms with Gasteiger partial charge in [0.1, 0.15) is 0 Å². The second-order valence-corrected chi connectivity index (χ2v) is 21.0. The predicted molar refractivity (Wildman–Crippen MR) is 301 cm³/mol. The first-order valence-electron chi connectivity index (χ1n) is 25.1. The number of rotatable bonds is 15. The van der Waals surface area contributed by atoms with Crippen molar-refractivity contribution in [2.45, 2.75) is 84.2 Å². The number of benzene rings is 9. The molecule has 354 valence electrons. The highest BCUT2D eigenvalue weighted by Crippen LogP contribution is 2.36. The molecule has 9 aromatic rings. The Balaban J connectivity index is 0.827. The van der Waals surface area contributed by atoms with Gasteiger partial charge in [0.15, 0.2) is 5.96 Å². The van der Waals surface area contributed by atoms with E-state index in [1.165, 1.54) is 93.5 Å². The Hall–Kier alpha value is -7.05. The third-order valence-electron chi connectivity index (χ3n) is 14.4. The first-order chi connectivity index (χ1) is 33.7. The highest BCUT2D eigenvalue weighted by molar-refractivity contribution is 6.00. The molecule has 0 amide bonds. The molecule has 0 aliphatic carbocycles. The fourth-order valence-corrected chi connectivity index (χ4v) is 10.3. The van der Waals surface area contributed by atoms with Crippen LogP contribution in [-0.2, 0) is 35.8 Å². The Bertz CT molecular complexity index is 3300. The van der Waals surface area contributed by atoms with Gasteiger partial charge in [-0.25, -0.2) is 0 Å². The van der Waals surface area contributed by atoms with Crippen LogP contribution in [0.1, 0.15) is 81.8 Å². The van der Waals surface area contributed by atoms with Crippen LogP contribution >= 0.6 is 0 Å². The van der Waals surface area contributed by atoms with Crippen LogP contribution in [0.5, 0.6) is 0 Å². The smallest absolute Gasteiger partial charge is 0.189 e. The van der Waals surface area contributed by atoms with Crippen molar-refractivity contribution in [3.63, 3.8) is 0 Å². The summed E-state index contributed by atoms with van der Waals surface area (Å²) in [4.78, 5) is 4.82. The van der Waals surface area contributed by atoms with Crippen LogP contribution in [0.3, 0.4) is 0 Å². The van der Waals surface area contributed by atoms with Crippen LogP contribution in [0.4, 0.5) is 0 Å². The van der Waals surface area contributed by atoms with Gasteiger partial charge in [0.2, 0.25) is 0 Å². The molecule has 0 fully saturated rings. The molecule has 0 heterocycles. The van der Waals surface area contributed by atoms with Gasteiger partial charge < -0.3 is 22.1 Å². The van der Waals surface area contributed by atoms with Gasteiger partial charge in [-0.3, -0.25) is 4.99 Å². The van der Waals surface area contributed by atoms with Gasteiger partial charge in [0.25, 0.3) is 0 Å². The number of nitrogens with zero attached hydrogens (tertiary/aromatic N) is 1. The first kappa shape index (κ1) is 48.0. The number of guanidine groups is 1. The van der Waals surface area contributed by atoms with Gasteiger partial charge in [0, 0.05) is 18.6 Å². The van der Waals surface area contributed by atoms with Gasteiger partial charge in [-0.15, -0.1) is 0 Å². The van der Waals surface area contributed by atoms with Crippen LogP contribution < -0.4 is 22.1 Å². The lowest BCUT2D eigenvalue weighted by Gasteiger charge is -2.28. The summed E-state index contributed by atoms with van der Waals surface area (Å²) < 4.78 is 0. The molecule has 0 saturated heterocycles. The summed E-state index contributed by atoms with van der Waals surface area (Å²) in [5.74, 6) is 0.440. The van der Waals surface area contributed by atoms with E-state index in [1.54, 1.807) is 0 Å². The number of hydrogen-bond donors (Lipinski definition) is 4. The Morgan fingerprint density at radius 2 is 0.829 bits per heavy atom. The molecule has 70 heavy (non-hydrogen) atoms. The minimum Gasteiger partial charge on any atom is -0.370 e. The third-order valence-corrected chi connectivity index (χ3v) is 14.4. The Morgan fingerprint density at radius 1 is 0.414 bits per heavy atom. The lowest BCUT2D eigenvalue weighted by Crippen LogP contribution is -2.45. The molecule has 0 aromatic heterocycles. The number of fused-ring (bicyclic) bond motifs is 3. The van der Waals surface area contributed by atoms with Crippen molar-refractivity contribution in [1.29, 1.82) is 0 Å². The fraction of sp³-hybridized carbons (Fsp3) is 0.246. The van der Waals surface area contributed by atoms with E-state index < -0.39 is 5.54 Å². The molecule has 9 rings (SSSR count). The maximum absolute atomic E-state index is 6.57. The summed E-state index contributed by atoms with van der Waals surface area (Å²) in [6.07, 6.45) is 2.58. The Labute approximate surface area is 416 Å². The van der Waals surface area contributed by atoms with Crippen LogP contribution in [0.2, 0.25) is 0 Å². The van der Waals surface area contributed by atoms with Crippen LogP contribution in [0, 0.1) is 0 Å². The van der Waals surface area contributed by atoms with Gasteiger partial charge in [-0.05, 0) is 158 Å².